The van der Waals surface area contributed by atoms with Gasteiger partial charge in [0.05, 0.1) is 13.2 Å². The highest BCUT2D eigenvalue weighted by molar-refractivity contribution is 6.33. The highest BCUT2D eigenvalue weighted by Gasteiger charge is 2.41. The van der Waals surface area contributed by atoms with Crippen LogP contribution in [0, 0.1) is 5.92 Å². The van der Waals surface area contributed by atoms with E-state index in [0.29, 0.717) is 13.2 Å². The van der Waals surface area contributed by atoms with Crippen molar-refractivity contribution < 1.29 is 9.53 Å². The fourth-order valence-corrected chi connectivity index (χ4v) is 2.93. The first-order chi connectivity index (χ1) is 8.70. The number of carbonyl (C=O) groups is 1. The normalized spacial score (nSPS) is 22.7. The van der Waals surface area contributed by atoms with Crippen molar-refractivity contribution in [1.82, 2.24) is 0 Å². The Labute approximate surface area is 107 Å². The predicted molar refractivity (Wildman–Crippen MR) is 71.1 cm³/mol. The van der Waals surface area contributed by atoms with E-state index in [4.69, 9.17) is 4.74 Å². The van der Waals surface area contributed by atoms with Crippen molar-refractivity contribution in [2.24, 2.45) is 5.92 Å². The molecule has 0 aromatic heterocycles. The minimum Gasteiger partial charge on any atom is -0.376 e. The lowest BCUT2D eigenvalue weighted by Crippen LogP contribution is -2.08. The number of Topliss-reactive ketones (excluding diaryl/α,β-unsaturated/α-hetero) is 1. The molecule has 2 heteroatoms. The van der Waals surface area contributed by atoms with E-state index in [0.717, 1.165) is 22.3 Å². The first-order valence-electron chi connectivity index (χ1n) is 6.28. The Morgan fingerprint density at radius 3 is 2.61 bits per heavy atom. The molecule has 1 aliphatic heterocycles. The Balaban J connectivity index is 2.17. The second-order valence-corrected chi connectivity index (χ2v) is 5.08. The van der Waals surface area contributed by atoms with E-state index in [1.165, 1.54) is 5.57 Å². The Morgan fingerprint density at radius 2 is 1.94 bits per heavy atom. The molecule has 1 unspecified atom stereocenters. The lowest BCUT2D eigenvalue weighted by atomic mass is 9.96. The van der Waals surface area contributed by atoms with Gasteiger partial charge in [-0.15, -0.1) is 0 Å². The molecule has 18 heavy (non-hydrogen) atoms. The summed E-state index contributed by atoms with van der Waals surface area (Å²) in [6, 6.07) is 9.93. The molecule has 0 radical (unpaired) electrons. The van der Waals surface area contributed by atoms with Crippen LogP contribution in [-0.2, 0) is 9.53 Å². The molecule has 0 bridgehead atoms. The fraction of sp³-hybridized carbons (Fsp3) is 0.312. The van der Waals surface area contributed by atoms with Gasteiger partial charge >= 0.3 is 0 Å². The average molecular weight is 240 g/mol. The molecule has 0 N–H and O–H groups in total. The maximum atomic E-state index is 12.6. The van der Waals surface area contributed by atoms with Gasteiger partial charge in [0.25, 0.3) is 0 Å². The minimum atomic E-state index is 0.192. The molecule has 1 aromatic carbocycles. The SMILES string of the molecule is CC(C)=C1C(=O)C(c2ccccc2)=C2COCC21. The highest BCUT2D eigenvalue weighted by Crippen LogP contribution is 2.43. The second-order valence-electron chi connectivity index (χ2n) is 5.08. The van der Waals surface area contributed by atoms with E-state index in [-0.39, 0.29) is 11.7 Å². The summed E-state index contributed by atoms with van der Waals surface area (Å²) in [5, 5.41) is 0. The largest absolute Gasteiger partial charge is 0.376 e. The monoisotopic (exact) mass is 240 g/mol. The van der Waals surface area contributed by atoms with Crippen molar-refractivity contribution in [2.45, 2.75) is 13.8 Å². The molecule has 0 saturated carbocycles. The van der Waals surface area contributed by atoms with Gasteiger partial charge in [0.2, 0.25) is 0 Å². The molecule has 1 fully saturated rings. The summed E-state index contributed by atoms with van der Waals surface area (Å²) in [6.07, 6.45) is 0. The summed E-state index contributed by atoms with van der Waals surface area (Å²) >= 11 is 0. The summed E-state index contributed by atoms with van der Waals surface area (Å²) in [6.45, 7) is 5.27. The number of allylic oxidation sites excluding steroid dienone is 2. The molecule has 1 aliphatic carbocycles. The van der Waals surface area contributed by atoms with Crippen LogP contribution in [0.1, 0.15) is 19.4 Å². The zero-order chi connectivity index (χ0) is 12.7. The molecule has 0 amide bonds. The number of rotatable bonds is 1. The van der Waals surface area contributed by atoms with Crippen LogP contribution in [0.5, 0.6) is 0 Å². The summed E-state index contributed by atoms with van der Waals surface area (Å²) in [7, 11) is 0. The number of ketones is 1. The van der Waals surface area contributed by atoms with Crippen LogP contribution in [0.3, 0.4) is 0 Å². The molecule has 1 atom stereocenters. The third kappa shape index (κ3) is 1.57. The molecule has 1 aromatic rings. The zero-order valence-electron chi connectivity index (χ0n) is 10.7. The third-order valence-electron chi connectivity index (χ3n) is 3.71. The van der Waals surface area contributed by atoms with E-state index in [1.807, 2.05) is 44.2 Å². The number of hydrogen-bond acceptors (Lipinski definition) is 2. The van der Waals surface area contributed by atoms with Gasteiger partial charge in [0, 0.05) is 17.1 Å². The molecular formula is C16H16O2. The number of fused-ring (bicyclic) bond motifs is 1. The maximum Gasteiger partial charge on any atom is 0.190 e. The smallest absolute Gasteiger partial charge is 0.190 e. The fourth-order valence-electron chi connectivity index (χ4n) is 2.93. The molecule has 3 rings (SSSR count). The number of hydrogen-bond donors (Lipinski definition) is 0. The van der Waals surface area contributed by atoms with Gasteiger partial charge in [-0.1, -0.05) is 35.9 Å². The molecule has 0 spiro atoms. The lowest BCUT2D eigenvalue weighted by molar-refractivity contribution is -0.110. The maximum absolute atomic E-state index is 12.6. The molecule has 1 heterocycles. The predicted octanol–water partition coefficient (Wildman–Crippen LogP) is 3.01. The Hall–Kier alpha value is -1.67. The van der Waals surface area contributed by atoms with Crippen LogP contribution in [-0.4, -0.2) is 19.0 Å². The number of benzene rings is 1. The molecular weight excluding hydrogens is 224 g/mol. The molecule has 2 aliphatic rings. The second kappa shape index (κ2) is 4.21. The van der Waals surface area contributed by atoms with Crippen LogP contribution in [0.15, 0.2) is 47.1 Å². The lowest BCUT2D eigenvalue weighted by Gasteiger charge is -2.07. The van der Waals surface area contributed by atoms with Gasteiger partial charge in [-0.3, -0.25) is 4.79 Å². The van der Waals surface area contributed by atoms with Crippen molar-refractivity contribution in [3.63, 3.8) is 0 Å². The topological polar surface area (TPSA) is 26.3 Å². The van der Waals surface area contributed by atoms with E-state index in [1.54, 1.807) is 0 Å². The first kappa shape index (κ1) is 11.4. The first-order valence-corrected chi connectivity index (χ1v) is 6.28. The summed E-state index contributed by atoms with van der Waals surface area (Å²) in [5.41, 5.74) is 5.11. The van der Waals surface area contributed by atoms with Crippen molar-refractivity contribution in [1.29, 1.82) is 0 Å². The van der Waals surface area contributed by atoms with Crippen molar-refractivity contribution >= 4 is 11.4 Å². The standard InChI is InChI=1S/C16H16O2/c1-10(2)14-12-8-18-9-13(12)15(16(14)17)11-6-4-3-5-7-11/h3-7,12H,8-9H2,1-2H3. The van der Waals surface area contributed by atoms with Crippen LogP contribution in [0.2, 0.25) is 0 Å². The van der Waals surface area contributed by atoms with Gasteiger partial charge in [-0.25, -0.2) is 0 Å². The zero-order valence-corrected chi connectivity index (χ0v) is 10.7. The summed E-state index contributed by atoms with van der Waals surface area (Å²) < 4.78 is 5.55. The summed E-state index contributed by atoms with van der Waals surface area (Å²) in [4.78, 5) is 12.6. The highest BCUT2D eigenvalue weighted by atomic mass is 16.5. The number of ether oxygens (including phenoxy) is 1. The van der Waals surface area contributed by atoms with E-state index < -0.39 is 0 Å². The Bertz CT molecular complexity index is 560. The third-order valence-corrected chi connectivity index (χ3v) is 3.71. The van der Waals surface area contributed by atoms with Gasteiger partial charge < -0.3 is 4.74 Å². The molecule has 92 valence electrons. The van der Waals surface area contributed by atoms with Gasteiger partial charge in [-0.05, 0) is 25.0 Å². The van der Waals surface area contributed by atoms with Gasteiger partial charge in [-0.2, -0.15) is 0 Å². The van der Waals surface area contributed by atoms with Crippen molar-refractivity contribution in [3.05, 3.63) is 52.6 Å². The van der Waals surface area contributed by atoms with Crippen molar-refractivity contribution in [2.75, 3.05) is 13.2 Å². The van der Waals surface area contributed by atoms with Gasteiger partial charge in [0.1, 0.15) is 0 Å². The minimum absolute atomic E-state index is 0.192. The Morgan fingerprint density at radius 1 is 1.22 bits per heavy atom. The van der Waals surface area contributed by atoms with E-state index >= 15 is 0 Å². The van der Waals surface area contributed by atoms with E-state index in [9.17, 15) is 4.79 Å². The van der Waals surface area contributed by atoms with Crippen molar-refractivity contribution in [3.8, 4) is 0 Å². The Kier molecular flexibility index (Phi) is 2.67. The van der Waals surface area contributed by atoms with Crippen LogP contribution >= 0.6 is 0 Å². The molecule has 2 nitrogen and oxygen atoms in total. The van der Waals surface area contributed by atoms with Crippen LogP contribution in [0.25, 0.3) is 5.57 Å². The summed E-state index contributed by atoms with van der Waals surface area (Å²) in [5.74, 6) is 0.391. The van der Waals surface area contributed by atoms with Crippen LogP contribution < -0.4 is 0 Å². The molecule has 1 saturated heterocycles. The number of carbonyl (C=O) groups excluding carboxylic acids is 1. The van der Waals surface area contributed by atoms with Crippen LogP contribution in [0.4, 0.5) is 0 Å². The quantitative estimate of drug-likeness (QED) is 0.705. The van der Waals surface area contributed by atoms with E-state index in [2.05, 4.69) is 0 Å². The van der Waals surface area contributed by atoms with Gasteiger partial charge in [0.15, 0.2) is 5.78 Å². The average Bonchev–Trinajstić information content (AvgIpc) is 2.88.